The Labute approximate surface area is 206 Å². The van der Waals surface area contributed by atoms with Crippen molar-refractivity contribution in [2.45, 2.75) is 37.8 Å². The Morgan fingerprint density at radius 2 is 1.17 bits per heavy atom. The van der Waals surface area contributed by atoms with Crippen molar-refractivity contribution < 1.29 is 14.4 Å². The van der Waals surface area contributed by atoms with Gasteiger partial charge in [0.25, 0.3) is 0 Å². The van der Waals surface area contributed by atoms with Crippen molar-refractivity contribution in [1.29, 1.82) is 0 Å². The highest BCUT2D eigenvalue weighted by Gasteiger charge is 2.42. The Bertz CT molecular complexity index is 1140. The van der Waals surface area contributed by atoms with Crippen LogP contribution in [-0.4, -0.2) is 52.7 Å². The lowest BCUT2D eigenvalue weighted by atomic mass is 10.0. The zero-order valence-corrected chi connectivity index (χ0v) is 19.8. The molecule has 1 aliphatic rings. The number of nitrogens with zero attached hydrogens (tertiary/aromatic N) is 2. The molecule has 0 spiro atoms. The molecule has 1 heterocycles. The zero-order chi connectivity index (χ0) is 24.6. The molecule has 3 aromatic rings. The van der Waals surface area contributed by atoms with Crippen molar-refractivity contribution in [3.63, 3.8) is 0 Å². The van der Waals surface area contributed by atoms with Gasteiger partial charge in [0.15, 0.2) is 0 Å². The lowest BCUT2D eigenvalue weighted by Gasteiger charge is -2.32. The molecule has 1 aliphatic heterocycles. The van der Waals surface area contributed by atoms with Crippen LogP contribution in [0, 0.1) is 0 Å². The maximum absolute atomic E-state index is 14.0. The van der Waals surface area contributed by atoms with Gasteiger partial charge in [-0.15, -0.1) is 0 Å². The molecule has 1 saturated heterocycles. The van der Waals surface area contributed by atoms with Crippen LogP contribution in [0.3, 0.4) is 0 Å². The second-order valence-electron chi connectivity index (χ2n) is 8.92. The highest BCUT2D eigenvalue weighted by atomic mass is 16.2. The number of nitrogens with two attached hydrogens (primary N) is 1. The van der Waals surface area contributed by atoms with E-state index in [1.807, 2.05) is 91.0 Å². The van der Waals surface area contributed by atoms with Crippen LogP contribution in [0.15, 0.2) is 91.0 Å². The van der Waals surface area contributed by atoms with Crippen LogP contribution in [0.1, 0.15) is 23.1 Å². The van der Waals surface area contributed by atoms with E-state index in [1.165, 1.54) is 4.90 Å². The normalized spacial score (nSPS) is 18.4. The molecule has 0 saturated carbocycles. The van der Waals surface area contributed by atoms with Gasteiger partial charge >= 0.3 is 0 Å². The van der Waals surface area contributed by atoms with Gasteiger partial charge in [-0.05, 0) is 29.5 Å². The second-order valence-corrected chi connectivity index (χ2v) is 8.92. The molecule has 35 heavy (non-hydrogen) atoms. The smallest absolute Gasteiger partial charge is 0.246 e. The summed E-state index contributed by atoms with van der Waals surface area (Å²) in [6.45, 7) is 0.714. The van der Waals surface area contributed by atoms with Gasteiger partial charge in [-0.2, -0.15) is 0 Å². The standard InChI is InChI=1S/C29H31N3O3/c30-28(34)25-21-27(33)31(18-16-22-10-4-1-5-11-22)26(20-24-14-8-3-9-15-24)29(35)32(25)19-17-23-12-6-2-7-13-23/h1-15,25-26H,16-21H2,(H2,30,34). The SMILES string of the molecule is NC(=O)C1CC(=O)N(CCc2ccccc2)C(Cc2ccccc2)C(=O)N1CCc1ccccc1. The predicted octanol–water partition coefficient (Wildman–Crippen LogP) is 3.00. The molecule has 0 aliphatic carbocycles. The maximum Gasteiger partial charge on any atom is 0.246 e. The fourth-order valence-corrected chi connectivity index (χ4v) is 4.67. The number of amides is 3. The van der Waals surface area contributed by atoms with Gasteiger partial charge in [-0.3, -0.25) is 14.4 Å². The van der Waals surface area contributed by atoms with E-state index in [0.717, 1.165) is 16.7 Å². The van der Waals surface area contributed by atoms with Crippen LogP contribution in [0.4, 0.5) is 0 Å². The molecule has 1 fully saturated rings. The molecule has 2 unspecified atom stereocenters. The van der Waals surface area contributed by atoms with E-state index in [-0.39, 0.29) is 18.2 Å². The van der Waals surface area contributed by atoms with Gasteiger partial charge in [-0.1, -0.05) is 91.0 Å². The molecule has 2 N–H and O–H groups in total. The third-order valence-electron chi connectivity index (χ3n) is 6.58. The largest absolute Gasteiger partial charge is 0.368 e. The van der Waals surface area contributed by atoms with Crippen molar-refractivity contribution in [2.75, 3.05) is 13.1 Å². The minimum atomic E-state index is -0.960. The first-order valence-electron chi connectivity index (χ1n) is 12.0. The lowest BCUT2D eigenvalue weighted by molar-refractivity contribution is -0.143. The predicted molar refractivity (Wildman–Crippen MR) is 135 cm³/mol. The van der Waals surface area contributed by atoms with Gasteiger partial charge in [0, 0.05) is 19.5 Å². The molecule has 2 atom stereocenters. The number of hydrogen-bond donors (Lipinski definition) is 1. The number of hydrogen-bond acceptors (Lipinski definition) is 3. The number of rotatable bonds is 9. The summed E-state index contributed by atoms with van der Waals surface area (Å²) >= 11 is 0. The van der Waals surface area contributed by atoms with Crippen molar-refractivity contribution in [1.82, 2.24) is 9.80 Å². The number of benzene rings is 3. The molecule has 0 radical (unpaired) electrons. The summed E-state index contributed by atoms with van der Waals surface area (Å²) < 4.78 is 0. The van der Waals surface area contributed by atoms with Crippen LogP contribution in [-0.2, 0) is 33.6 Å². The third-order valence-corrected chi connectivity index (χ3v) is 6.58. The summed E-state index contributed by atoms with van der Waals surface area (Å²) in [5.74, 6) is -1.10. The number of carbonyl (C=O) groups excluding carboxylic acids is 3. The summed E-state index contributed by atoms with van der Waals surface area (Å²) in [4.78, 5) is 43.0. The zero-order valence-electron chi connectivity index (χ0n) is 19.8. The van der Waals surface area contributed by atoms with Crippen LogP contribution < -0.4 is 5.73 Å². The number of carbonyl (C=O) groups is 3. The molecule has 3 aromatic carbocycles. The lowest BCUT2D eigenvalue weighted by Crippen LogP contribution is -2.53. The van der Waals surface area contributed by atoms with Crippen LogP contribution in [0.25, 0.3) is 0 Å². The molecular formula is C29H31N3O3. The Kier molecular flexibility index (Phi) is 7.93. The highest BCUT2D eigenvalue weighted by molar-refractivity contribution is 5.97. The van der Waals surface area contributed by atoms with E-state index in [0.29, 0.717) is 32.4 Å². The maximum atomic E-state index is 14.0. The number of primary amides is 1. The van der Waals surface area contributed by atoms with E-state index in [4.69, 9.17) is 5.73 Å². The van der Waals surface area contributed by atoms with Crippen LogP contribution in [0.5, 0.6) is 0 Å². The Balaban J connectivity index is 1.64. The van der Waals surface area contributed by atoms with E-state index in [9.17, 15) is 14.4 Å². The molecule has 0 bridgehead atoms. The van der Waals surface area contributed by atoms with E-state index in [2.05, 4.69) is 0 Å². The quantitative estimate of drug-likeness (QED) is 0.523. The Morgan fingerprint density at radius 1 is 0.714 bits per heavy atom. The first-order valence-corrected chi connectivity index (χ1v) is 12.0. The van der Waals surface area contributed by atoms with Gasteiger partial charge in [0.1, 0.15) is 12.1 Å². The van der Waals surface area contributed by atoms with Crippen LogP contribution in [0.2, 0.25) is 0 Å². The monoisotopic (exact) mass is 469 g/mol. The van der Waals surface area contributed by atoms with E-state index in [1.54, 1.807) is 4.90 Å². The van der Waals surface area contributed by atoms with Crippen molar-refractivity contribution in [2.24, 2.45) is 5.73 Å². The van der Waals surface area contributed by atoms with Gasteiger partial charge in [0.05, 0.1) is 6.42 Å². The third kappa shape index (κ3) is 6.15. The van der Waals surface area contributed by atoms with Crippen molar-refractivity contribution >= 4 is 17.7 Å². The average molecular weight is 470 g/mol. The molecule has 4 rings (SSSR count). The molecule has 6 nitrogen and oxygen atoms in total. The molecule has 0 aromatic heterocycles. The first kappa shape index (κ1) is 24.2. The minimum absolute atomic E-state index is 0.101. The summed E-state index contributed by atoms with van der Waals surface area (Å²) in [5.41, 5.74) is 8.83. The van der Waals surface area contributed by atoms with Crippen LogP contribution >= 0.6 is 0 Å². The van der Waals surface area contributed by atoms with Gasteiger partial charge in [-0.25, -0.2) is 0 Å². The molecule has 3 amide bonds. The van der Waals surface area contributed by atoms with Gasteiger partial charge in [0.2, 0.25) is 17.7 Å². The topological polar surface area (TPSA) is 83.7 Å². The summed E-state index contributed by atoms with van der Waals surface area (Å²) in [6.07, 6.45) is 1.48. The summed E-state index contributed by atoms with van der Waals surface area (Å²) in [5, 5.41) is 0. The summed E-state index contributed by atoms with van der Waals surface area (Å²) in [7, 11) is 0. The highest BCUT2D eigenvalue weighted by Crippen LogP contribution is 2.23. The summed E-state index contributed by atoms with van der Waals surface area (Å²) in [6, 6.07) is 27.7. The van der Waals surface area contributed by atoms with Crippen molar-refractivity contribution in [3.8, 4) is 0 Å². The first-order chi connectivity index (χ1) is 17.0. The Hall–Kier alpha value is -3.93. The fraction of sp³-hybridized carbons (Fsp3) is 0.276. The average Bonchev–Trinajstić information content (AvgIpc) is 2.98. The fourth-order valence-electron chi connectivity index (χ4n) is 4.67. The molecule has 180 valence electrons. The van der Waals surface area contributed by atoms with E-state index >= 15 is 0 Å². The van der Waals surface area contributed by atoms with E-state index < -0.39 is 18.0 Å². The van der Waals surface area contributed by atoms with Gasteiger partial charge < -0.3 is 15.5 Å². The molecule has 6 heteroatoms. The Morgan fingerprint density at radius 3 is 1.66 bits per heavy atom. The second kappa shape index (κ2) is 11.5. The molecular weight excluding hydrogens is 438 g/mol. The van der Waals surface area contributed by atoms with Crippen molar-refractivity contribution in [3.05, 3.63) is 108 Å². The minimum Gasteiger partial charge on any atom is -0.368 e.